The molecule has 2 unspecified atom stereocenters. The molecule has 0 bridgehead atoms. The number of fused-ring (bicyclic) bond motifs is 1. The molecule has 3 rings (SSSR count). The van der Waals surface area contributed by atoms with E-state index >= 15 is 0 Å². The fourth-order valence-corrected chi connectivity index (χ4v) is 3.21. The van der Waals surface area contributed by atoms with E-state index in [1.54, 1.807) is 6.20 Å². The number of aromatic nitrogens is 1. The Morgan fingerprint density at radius 2 is 2.44 bits per heavy atom. The number of hydrogen-bond donors (Lipinski definition) is 1. The lowest BCUT2D eigenvalue weighted by Crippen LogP contribution is -2.44. The zero-order valence-corrected chi connectivity index (χ0v) is 10.9. The average Bonchev–Trinajstić information content (AvgIpc) is 2.73. The van der Waals surface area contributed by atoms with E-state index in [1.807, 2.05) is 12.1 Å². The number of nitrogens with one attached hydrogen (secondary N) is 1. The Morgan fingerprint density at radius 1 is 1.56 bits per heavy atom. The van der Waals surface area contributed by atoms with Gasteiger partial charge in [0.1, 0.15) is 5.15 Å². The van der Waals surface area contributed by atoms with Gasteiger partial charge in [-0.25, -0.2) is 4.98 Å². The van der Waals surface area contributed by atoms with Crippen LogP contribution in [0.3, 0.4) is 0 Å². The Hall–Kier alpha value is -1.13. The maximum absolute atomic E-state index is 11.7. The summed E-state index contributed by atoms with van der Waals surface area (Å²) in [6, 6.07) is 4.23. The summed E-state index contributed by atoms with van der Waals surface area (Å²) >= 11 is 5.90. The average molecular weight is 266 g/mol. The molecule has 2 atom stereocenters. The number of likely N-dealkylation sites (tertiary alicyclic amines) is 1. The van der Waals surface area contributed by atoms with Gasteiger partial charge in [-0.1, -0.05) is 11.6 Å². The summed E-state index contributed by atoms with van der Waals surface area (Å²) in [5.74, 6) is 0.397. The van der Waals surface area contributed by atoms with Crippen LogP contribution in [0.2, 0.25) is 5.15 Å². The summed E-state index contributed by atoms with van der Waals surface area (Å²) in [6.07, 6.45) is 3.84. The number of carbonyl (C=O) groups is 1. The molecule has 1 N–H and O–H groups in total. The van der Waals surface area contributed by atoms with Crippen molar-refractivity contribution in [3.8, 4) is 0 Å². The number of piperidine rings is 1. The van der Waals surface area contributed by atoms with Crippen LogP contribution in [0.1, 0.15) is 18.4 Å². The highest BCUT2D eigenvalue weighted by Gasteiger charge is 2.40. The van der Waals surface area contributed by atoms with E-state index in [2.05, 4.69) is 15.2 Å². The first-order valence-electron chi connectivity index (χ1n) is 6.36. The molecule has 2 aliphatic heterocycles. The molecule has 0 aliphatic carbocycles. The van der Waals surface area contributed by atoms with Gasteiger partial charge < -0.3 is 5.32 Å². The van der Waals surface area contributed by atoms with Gasteiger partial charge in [0, 0.05) is 25.3 Å². The third-order valence-corrected chi connectivity index (χ3v) is 4.10. The van der Waals surface area contributed by atoms with Gasteiger partial charge in [-0.3, -0.25) is 9.69 Å². The van der Waals surface area contributed by atoms with Crippen molar-refractivity contribution in [3.63, 3.8) is 0 Å². The second-order valence-electron chi connectivity index (χ2n) is 5.02. The first kappa shape index (κ1) is 11.9. The molecule has 1 amide bonds. The molecular formula is C13H16ClN3O. The number of hydrogen-bond acceptors (Lipinski definition) is 3. The number of carbonyl (C=O) groups excluding carboxylic acids is 1. The van der Waals surface area contributed by atoms with Crippen molar-refractivity contribution in [2.75, 3.05) is 13.1 Å². The smallest absolute Gasteiger partial charge is 0.224 e. The molecule has 2 aliphatic rings. The Kier molecular flexibility index (Phi) is 3.22. The fourth-order valence-electron chi connectivity index (χ4n) is 3.01. The van der Waals surface area contributed by atoms with Crippen LogP contribution in [0.25, 0.3) is 0 Å². The van der Waals surface area contributed by atoms with E-state index in [0.29, 0.717) is 11.2 Å². The maximum Gasteiger partial charge on any atom is 0.224 e. The van der Waals surface area contributed by atoms with Crippen LogP contribution < -0.4 is 5.32 Å². The van der Waals surface area contributed by atoms with Crippen LogP contribution in [0.15, 0.2) is 18.3 Å². The molecule has 1 aromatic heterocycles. The number of pyridine rings is 1. The van der Waals surface area contributed by atoms with Crippen LogP contribution in [0.5, 0.6) is 0 Å². The summed E-state index contributed by atoms with van der Waals surface area (Å²) in [5.41, 5.74) is 1.16. The highest BCUT2D eigenvalue weighted by atomic mass is 35.5. The predicted molar refractivity (Wildman–Crippen MR) is 69.2 cm³/mol. The molecule has 0 spiro atoms. The van der Waals surface area contributed by atoms with Crippen molar-refractivity contribution in [1.82, 2.24) is 15.2 Å². The first-order valence-corrected chi connectivity index (χ1v) is 6.74. The van der Waals surface area contributed by atoms with Gasteiger partial charge in [-0.2, -0.15) is 0 Å². The van der Waals surface area contributed by atoms with Crippen molar-refractivity contribution in [3.05, 3.63) is 29.0 Å². The van der Waals surface area contributed by atoms with E-state index in [0.717, 1.165) is 38.0 Å². The van der Waals surface area contributed by atoms with Crippen LogP contribution in [-0.4, -0.2) is 34.9 Å². The van der Waals surface area contributed by atoms with Crippen LogP contribution in [0.4, 0.5) is 0 Å². The monoisotopic (exact) mass is 265 g/mol. The topological polar surface area (TPSA) is 45.2 Å². The minimum atomic E-state index is 0.177. The zero-order chi connectivity index (χ0) is 12.5. The Labute approximate surface area is 111 Å². The van der Waals surface area contributed by atoms with Crippen LogP contribution in [-0.2, 0) is 11.3 Å². The predicted octanol–water partition coefficient (Wildman–Crippen LogP) is 1.45. The summed E-state index contributed by atoms with van der Waals surface area (Å²) in [4.78, 5) is 18.1. The Balaban J connectivity index is 1.74. The van der Waals surface area contributed by atoms with Crippen molar-refractivity contribution < 1.29 is 4.79 Å². The highest BCUT2D eigenvalue weighted by molar-refractivity contribution is 6.29. The van der Waals surface area contributed by atoms with Crippen LogP contribution >= 0.6 is 11.6 Å². The van der Waals surface area contributed by atoms with E-state index < -0.39 is 0 Å². The standard InChI is InChI=1S/C13H16ClN3O/c14-12-6-9(3-4-15-12)8-17-5-1-2-10-11(17)7-16-13(10)18/h3-4,6,10-11H,1-2,5,7-8H2,(H,16,18). The summed E-state index contributed by atoms with van der Waals surface area (Å²) in [6.45, 7) is 2.68. The van der Waals surface area contributed by atoms with Gasteiger partial charge in [0.2, 0.25) is 5.91 Å². The zero-order valence-electron chi connectivity index (χ0n) is 10.1. The van der Waals surface area contributed by atoms with E-state index in [1.165, 1.54) is 0 Å². The minimum Gasteiger partial charge on any atom is -0.354 e. The molecule has 0 aromatic carbocycles. The van der Waals surface area contributed by atoms with Crippen molar-refractivity contribution in [2.45, 2.75) is 25.4 Å². The molecule has 0 radical (unpaired) electrons. The largest absolute Gasteiger partial charge is 0.354 e. The second kappa shape index (κ2) is 4.86. The molecule has 2 saturated heterocycles. The van der Waals surface area contributed by atoms with E-state index in [-0.39, 0.29) is 11.8 Å². The number of nitrogens with zero attached hydrogens (tertiary/aromatic N) is 2. The molecule has 5 heteroatoms. The van der Waals surface area contributed by atoms with Crippen molar-refractivity contribution >= 4 is 17.5 Å². The maximum atomic E-state index is 11.7. The third kappa shape index (κ3) is 2.22. The van der Waals surface area contributed by atoms with Gasteiger partial charge in [-0.15, -0.1) is 0 Å². The molecule has 0 saturated carbocycles. The molecule has 2 fully saturated rings. The van der Waals surface area contributed by atoms with Gasteiger partial charge >= 0.3 is 0 Å². The first-order chi connectivity index (χ1) is 8.74. The molecular weight excluding hydrogens is 250 g/mol. The normalized spacial score (nSPS) is 27.9. The lowest BCUT2D eigenvalue weighted by Gasteiger charge is -2.35. The van der Waals surface area contributed by atoms with Crippen molar-refractivity contribution in [1.29, 1.82) is 0 Å². The summed E-state index contributed by atoms with van der Waals surface area (Å²) in [5, 5.41) is 3.50. The van der Waals surface area contributed by atoms with Gasteiger partial charge in [0.25, 0.3) is 0 Å². The number of amides is 1. The number of halogens is 1. The van der Waals surface area contributed by atoms with E-state index in [9.17, 15) is 4.79 Å². The third-order valence-electron chi connectivity index (χ3n) is 3.89. The lowest BCUT2D eigenvalue weighted by molar-refractivity contribution is -0.124. The fraction of sp³-hybridized carbons (Fsp3) is 0.538. The SMILES string of the molecule is O=C1NCC2C1CCCN2Cc1ccnc(Cl)c1. The summed E-state index contributed by atoms with van der Waals surface area (Å²) < 4.78 is 0. The van der Waals surface area contributed by atoms with Crippen molar-refractivity contribution in [2.24, 2.45) is 5.92 Å². The quantitative estimate of drug-likeness (QED) is 0.824. The Morgan fingerprint density at radius 3 is 3.28 bits per heavy atom. The van der Waals surface area contributed by atoms with Crippen LogP contribution in [0, 0.1) is 5.92 Å². The lowest BCUT2D eigenvalue weighted by atomic mass is 9.91. The molecule has 96 valence electrons. The molecule has 1 aromatic rings. The molecule has 3 heterocycles. The van der Waals surface area contributed by atoms with Gasteiger partial charge in [0.05, 0.1) is 5.92 Å². The van der Waals surface area contributed by atoms with E-state index in [4.69, 9.17) is 11.6 Å². The van der Waals surface area contributed by atoms with Gasteiger partial charge in [-0.05, 0) is 37.1 Å². The highest BCUT2D eigenvalue weighted by Crippen LogP contribution is 2.28. The summed E-state index contributed by atoms with van der Waals surface area (Å²) in [7, 11) is 0. The molecule has 18 heavy (non-hydrogen) atoms. The number of rotatable bonds is 2. The second-order valence-corrected chi connectivity index (χ2v) is 5.41. The Bertz CT molecular complexity index is 465. The van der Waals surface area contributed by atoms with Gasteiger partial charge in [0.15, 0.2) is 0 Å². The minimum absolute atomic E-state index is 0.177. The molecule has 4 nitrogen and oxygen atoms in total.